The number of aromatic nitrogens is 4. The first-order valence-corrected chi connectivity index (χ1v) is 6.42. The van der Waals surface area contributed by atoms with Gasteiger partial charge in [-0.3, -0.25) is 5.10 Å². The highest BCUT2D eigenvalue weighted by molar-refractivity contribution is 5.88. The minimum absolute atomic E-state index is 0.418. The number of nitrogens with zero attached hydrogens (tertiary/aromatic N) is 3. The van der Waals surface area contributed by atoms with Crippen LogP contribution in [0.15, 0.2) is 24.3 Å². The topological polar surface area (TPSA) is 81.8 Å². The number of aromatic amines is 1. The zero-order valence-electron chi connectivity index (χ0n) is 11.6. The summed E-state index contributed by atoms with van der Waals surface area (Å²) in [6.07, 6.45) is 0. The van der Waals surface area contributed by atoms with Gasteiger partial charge in [0.05, 0.1) is 18.5 Å². The number of H-pyrrole nitrogens is 1. The Morgan fingerprint density at radius 3 is 3.00 bits per heavy atom. The van der Waals surface area contributed by atoms with E-state index in [2.05, 4.69) is 40.4 Å². The van der Waals surface area contributed by atoms with Crippen molar-refractivity contribution in [2.24, 2.45) is 0 Å². The van der Waals surface area contributed by atoms with E-state index in [0.717, 1.165) is 16.7 Å². The maximum absolute atomic E-state index is 5.91. The van der Waals surface area contributed by atoms with E-state index in [1.165, 1.54) is 11.1 Å². The molecule has 104 valence electrons. The fraction of sp³-hybridized carbons (Fsp3) is 0.286. The van der Waals surface area contributed by atoms with Gasteiger partial charge in [0.25, 0.3) is 0 Å². The van der Waals surface area contributed by atoms with Crippen LogP contribution in [0.4, 0.5) is 5.82 Å². The second-order valence-electron chi connectivity index (χ2n) is 4.86. The van der Waals surface area contributed by atoms with Crippen LogP contribution in [0.25, 0.3) is 11.0 Å². The normalized spacial score (nSPS) is 11.3. The molecule has 0 amide bonds. The summed E-state index contributed by atoms with van der Waals surface area (Å²) in [5.41, 5.74) is 9.89. The third-order valence-electron chi connectivity index (χ3n) is 3.25. The Morgan fingerprint density at radius 2 is 2.25 bits per heavy atom. The molecule has 0 aliphatic rings. The van der Waals surface area contributed by atoms with Crippen LogP contribution in [0.3, 0.4) is 0 Å². The van der Waals surface area contributed by atoms with E-state index in [4.69, 9.17) is 10.5 Å². The molecule has 2 aromatic heterocycles. The summed E-state index contributed by atoms with van der Waals surface area (Å²) < 4.78 is 7.02. The van der Waals surface area contributed by atoms with Gasteiger partial charge in [-0.1, -0.05) is 29.8 Å². The van der Waals surface area contributed by atoms with Gasteiger partial charge in [0, 0.05) is 7.11 Å². The maximum atomic E-state index is 5.91. The number of hydrogen-bond acceptors (Lipinski definition) is 4. The fourth-order valence-electron chi connectivity index (χ4n) is 2.39. The van der Waals surface area contributed by atoms with Gasteiger partial charge in [0.2, 0.25) is 0 Å². The third kappa shape index (κ3) is 2.14. The van der Waals surface area contributed by atoms with Crippen LogP contribution >= 0.6 is 0 Å². The molecule has 3 rings (SSSR count). The lowest BCUT2D eigenvalue weighted by atomic mass is 10.1. The Bertz CT molecular complexity index is 743. The lowest BCUT2D eigenvalue weighted by Gasteiger charge is -2.03. The van der Waals surface area contributed by atoms with Gasteiger partial charge in [0.1, 0.15) is 11.5 Å². The van der Waals surface area contributed by atoms with E-state index in [9.17, 15) is 0 Å². The molecule has 0 saturated carbocycles. The molecule has 0 spiro atoms. The molecule has 20 heavy (non-hydrogen) atoms. The average molecular weight is 271 g/mol. The summed E-state index contributed by atoms with van der Waals surface area (Å²) >= 11 is 0. The molecule has 0 saturated heterocycles. The van der Waals surface area contributed by atoms with Crippen LogP contribution in [0.2, 0.25) is 0 Å². The maximum Gasteiger partial charge on any atom is 0.182 e. The number of fused-ring (bicyclic) bond motifs is 1. The quantitative estimate of drug-likeness (QED) is 0.758. The molecule has 0 radical (unpaired) electrons. The van der Waals surface area contributed by atoms with Crippen LogP contribution < -0.4 is 5.73 Å². The minimum atomic E-state index is 0.418. The monoisotopic (exact) mass is 271 g/mol. The molecule has 0 aliphatic carbocycles. The summed E-state index contributed by atoms with van der Waals surface area (Å²) in [4.78, 5) is 0. The van der Waals surface area contributed by atoms with Crippen LogP contribution in [0, 0.1) is 6.92 Å². The lowest BCUT2D eigenvalue weighted by Crippen LogP contribution is -2.03. The van der Waals surface area contributed by atoms with E-state index in [-0.39, 0.29) is 0 Å². The molecule has 3 aromatic rings. The first-order chi connectivity index (χ1) is 9.69. The molecule has 0 unspecified atom stereocenters. The van der Waals surface area contributed by atoms with Gasteiger partial charge in [-0.2, -0.15) is 10.2 Å². The highest BCUT2D eigenvalue weighted by atomic mass is 16.5. The number of hydrogen-bond donors (Lipinski definition) is 2. The number of methoxy groups -OCH3 is 1. The number of nitrogens with one attached hydrogen (secondary N) is 1. The Kier molecular flexibility index (Phi) is 3.15. The van der Waals surface area contributed by atoms with Crippen LogP contribution in [-0.4, -0.2) is 27.1 Å². The predicted molar refractivity (Wildman–Crippen MR) is 77.3 cm³/mol. The number of benzene rings is 1. The summed E-state index contributed by atoms with van der Waals surface area (Å²) in [6.45, 7) is 3.15. The van der Waals surface area contributed by atoms with E-state index in [0.29, 0.717) is 19.0 Å². The van der Waals surface area contributed by atoms with Gasteiger partial charge < -0.3 is 10.5 Å². The smallest absolute Gasteiger partial charge is 0.182 e. The van der Waals surface area contributed by atoms with Gasteiger partial charge >= 0.3 is 0 Å². The van der Waals surface area contributed by atoms with Crippen molar-refractivity contribution in [3.05, 3.63) is 41.1 Å². The van der Waals surface area contributed by atoms with Crippen LogP contribution in [0.1, 0.15) is 16.8 Å². The van der Waals surface area contributed by atoms with Crippen molar-refractivity contribution >= 4 is 16.9 Å². The first-order valence-electron chi connectivity index (χ1n) is 6.42. The molecule has 0 aliphatic heterocycles. The molecule has 6 heteroatoms. The van der Waals surface area contributed by atoms with Gasteiger partial charge in [-0.15, -0.1) is 0 Å². The molecule has 3 N–H and O–H groups in total. The Morgan fingerprint density at radius 1 is 1.40 bits per heavy atom. The van der Waals surface area contributed by atoms with Crippen molar-refractivity contribution in [1.29, 1.82) is 0 Å². The highest BCUT2D eigenvalue weighted by Crippen LogP contribution is 2.23. The first kappa shape index (κ1) is 12.7. The van der Waals surface area contributed by atoms with E-state index >= 15 is 0 Å². The largest absolute Gasteiger partial charge is 0.383 e. The minimum Gasteiger partial charge on any atom is -0.383 e. The van der Waals surface area contributed by atoms with Crippen molar-refractivity contribution in [3.63, 3.8) is 0 Å². The van der Waals surface area contributed by atoms with Crippen molar-refractivity contribution in [3.8, 4) is 0 Å². The summed E-state index contributed by atoms with van der Waals surface area (Å²) in [7, 11) is 1.64. The number of rotatable bonds is 4. The fourth-order valence-corrected chi connectivity index (χ4v) is 2.39. The molecular formula is C14H17N5O. The van der Waals surface area contributed by atoms with Gasteiger partial charge in [0.15, 0.2) is 5.65 Å². The lowest BCUT2D eigenvalue weighted by molar-refractivity contribution is 0.182. The predicted octanol–water partition coefficient (Wildman–Crippen LogP) is 1.84. The van der Waals surface area contributed by atoms with Crippen molar-refractivity contribution in [1.82, 2.24) is 20.0 Å². The number of ether oxygens (including phenoxy) is 1. The third-order valence-corrected chi connectivity index (χ3v) is 3.25. The Labute approximate surface area is 116 Å². The summed E-state index contributed by atoms with van der Waals surface area (Å²) in [6, 6.07) is 8.33. The molecule has 0 bridgehead atoms. The number of aryl methyl sites for hydroxylation is 1. The van der Waals surface area contributed by atoms with Crippen molar-refractivity contribution in [2.75, 3.05) is 12.8 Å². The van der Waals surface area contributed by atoms with E-state index in [1.807, 2.05) is 10.7 Å². The Balaban J connectivity index is 2.03. The molecule has 0 atom stereocenters. The zero-order valence-corrected chi connectivity index (χ0v) is 11.6. The molecule has 0 fully saturated rings. The molecule has 2 heterocycles. The van der Waals surface area contributed by atoms with Crippen LogP contribution in [0.5, 0.6) is 0 Å². The zero-order chi connectivity index (χ0) is 14.1. The number of nitrogens with two attached hydrogens (primary N) is 1. The van der Waals surface area contributed by atoms with E-state index < -0.39 is 0 Å². The average Bonchev–Trinajstić information content (AvgIpc) is 2.94. The number of nitrogen functional groups attached to an aromatic ring is 1. The summed E-state index contributed by atoms with van der Waals surface area (Å²) in [5.74, 6) is 0.530. The molecule has 1 aromatic carbocycles. The van der Waals surface area contributed by atoms with E-state index in [1.54, 1.807) is 7.11 Å². The van der Waals surface area contributed by atoms with Crippen molar-refractivity contribution < 1.29 is 4.74 Å². The molecular weight excluding hydrogens is 254 g/mol. The standard InChI is InChI=1S/C14H17N5O/c1-9-4-3-5-10(6-9)7-19-14-12(13(15)16-17-14)11(18-19)8-20-2/h3-6H,7-8H2,1-2H3,(H3,15,16,17). The number of anilines is 1. The second-order valence-corrected chi connectivity index (χ2v) is 4.86. The highest BCUT2D eigenvalue weighted by Gasteiger charge is 2.16. The SMILES string of the molecule is COCc1nn(Cc2cccc(C)c2)c2n[nH]c(N)c12. The van der Waals surface area contributed by atoms with Gasteiger partial charge in [-0.05, 0) is 12.5 Å². The Hall–Kier alpha value is -2.34. The second kappa shape index (κ2) is 4.97. The molecule has 6 nitrogen and oxygen atoms in total. The summed E-state index contributed by atoms with van der Waals surface area (Å²) in [5, 5.41) is 12.4. The van der Waals surface area contributed by atoms with Crippen LogP contribution in [-0.2, 0) is 17.9 Å². The van der Waals surface area contributed by atoms with Crippen molar-refractivity contribution in [2.45, 2.75) is 20.1 Å². The van der Waals surface area contributed by atoms with Gasteiger partial charge in [-0.25, -0.2) is 4.68 Å².